The Bertz CT molecular complexity index is 1290. The minimum atomic E-state index is -0.932. The van der Waals surface area contributed by atoms with E-state index in [1.54, 1.807) is 18.5 Å². The standard InChI is InChI=1S/C27H30N4O2/c1-26(2,3)23-17-24(31(30-23)20-15-13-19(14-16-20)27(4,5)33)29-25(32)28-22-12-8-10-18-9-6-7-11-21(18)22/h6-17,33H,1-5H3,(H2,28,29,32). The Kier molecular flexibility index (Phi) is 5.72. The highest BCUT2D eigenvalue weighted by Gasteiger charge is 2.22. The third-order valence-electron chi connectivity index (χ3n) is 5.58. The smallest absolute Gasteiger partial charge is 0.324 e. The molecule has 0 spiro atoms. The molecule has 0 saturated heterocycles. The van der Waals surface area contributed by atoms with Gasteiger partial charge in [0.2, 0.25) is 0 Å². The minimum Gasteiger partial charge on any atom is -0.386 e. The third-order valence-corrected chi connectivity index (χ3v) is 5.58. The third kappa shape index (κ3) is 4.91. The van der Waals surface area contributed by atoms with Crippen molar-refractivity contribution >= 4 is 28.3 Å². The molecule has 33 heavy (non-hydrogen) atoms. The van der Waals surface area contributed by atoms with E-state index in [-0.39, 0.29) is 11.4 Å². The fourth-order valence-electron chi connectivity index (χ4n) is 3.65. The number of carbonyl (C=O) groups is 1. The summed E-state index contributed by atoms with van der Waals surface area (Å²) in [5.74, 6) is 0.564. The Hall–Kier alpha value is -3.64. The van der Waals surface area contributed by atoms with E-state index in [9.17, 15) is 9.90 Å². The predicted molar refractivity (Wildman–Crippen MR) is 134 cm³/mol. The highest BCUT2D eigenvalue weighted by Crippen LogP contribution is 2.28. The van der Waals surface area contributed by atoms with E-state index in [1.807, 2.05) is 72.8 Å². The number of urea groups is 1. The first kappa shape index (κ1) is 22.6. The van der Waals surface area contributed by atoms with Gasteiger partial charge in [0, 0.05) is 16.9 Å². The lowest BCUT2D eigenvalue weighted by atomic mass is 9.92. The monoisotopic (exact) mass is 442 g/mol. The molecular weight excluding hydrogens is 412 g/mol. The number of rotatable bonds is 4. The quantitative estimate of drug-likeness (QED) is 0.352. The Labute approximate surface area is 194 Å². The summed E-state index contributed by atoms with van der Waals surface area (Å²) in [6.45, 7) is 9.74. The van der Waals surface area contributed by atoms with Crippen LogP contribution in [0.25, 0.3) is 16.5 Å². The van der Waals surface area contributed by atoms with Gasteiger partial charge in [-0.05, 0) is 43.0 Å². The van der Waals surface area contributed by atoms with Crippen LogP contribution in [0.1, 0.15) is 45.9 Å². The summed E-state index contributed by atoms with van der Waals surface area (Å²) in [7, 11) is 0. The van der Waals surface area contributed by atoms with Crippen molar-refractivity contribution in [2.24, 2.45) is 0 Å². The summed E-state index contributed by atoms with van der Waals surface area (Å²) in [4.78, 5) is 13.0. The van der Waals surface area contributed by atoms with Gasteiger partial charge in [-0.2, -0.15) is 5.10 Å². The maximum absolute atomic E-state index is 13.0. The molecule has 170 valence electrons. The number of hydrogen-bond donors (Lipinski definition) is 3. The molecule has 6 nitrogen and oxygen atoms in total. The first-order valence-corrected chi connectivity index (χ1v) is 11.0. The van der Waals surface area contributed by atoms with E-state index in [4.69, 9.17) is 5.10 Å². The van der Waals surface area contributed by atoms with Crippen molar-refractivity contribution in [2.45, 2.75) is 45.6 Å². The minimum absolute atomic E-state index is 0.194. The van der Waals surface area contributed by atoms with E-state index in [0.29, 0.717) is 5.82 Å². The summed E-state index contributed by atoms with van der Waals surface area (Å²) < 4.78 is 1.72. The van der Waals surface area contributed by atoms with Crippen LogP contribution < -0.4 is 10.6 Å². The number of benzene rings is 3. The predicted octanol–water partition coefficient (Wildman–Crippen LogP) is 6.19. The normalized spacial score (nSPS) is 12.1. The fourth-order valence-corrected chi connectivity index (χ4v) is 3.65. The maximum Gasteiger partial charge on any atom is 0.324 e. The zero-order chi connectivity index (χ0) is 23.8. The molecule has 0 fully saturated rings. The van der Waals surface area contributed by atoms with Crippen LogP contribution in [0.5, 0.6) is 0 Å². The molecule has 1 aromatic heterocycles. The molecule has 1 heterocycles. The van der Waals surface area contributed by atoms with Gasteiger partial charge in [0.1, 0.15) is 5.82 Å². The lowest BCUT2D eigenvalue weighted by Gasteiger charge is -2.18. The summed E-state index contributed by atoms with van der Waals surface area (Å²) in [5, 5.41) is 23.0. The van der Waals surface area contributed by atoms with Crippen molar-refractivity contribution in [3.05, 3.63) is 84.1 Å². The summed E-state index contributed by atoms with van der Waals surface area (Å²) in [6, 6.07) is 22.8. The van der Waals surface area contributed by atoms with Gasteiger partial charge in [0.05, 0.1) is 22.7 Å². The summed E-state index contributed by atoms with van der Waals surface area (Å²) >= 11 is 0. The van der Waals surface area contributed by atoms with Crippen molar-refractivity contribution < 1.29 is 9.90 Å². The SMILES string of the molecule is CC(C)(C)c1cc(NC(=O)Nc2cccc3ccccc23)n(-c2ccc(C(C)(C)O)cc2)n1. The van der Waals surface area contributed by atoms with Crippen molar-refractivity contribution in [1.29, 1.82) is 0 Å². The Morgan fingerprint density at radius 2 is 1.55 bits per heavy atom. The van der Waals surface area contributed by atoms with Crippen LogP contribution in [0.15, 0.2) is 72.8 Å². The molecule has 0 aliphatic rings. The average Bonchev–Trinajstić information content (AvgIpc) is 3.18. The lowest BCUT2D eigenvalue weighted by Crippen LogP contribution is -2.21. The molecule has 6 heteroatoms. The number of fused-ring (bicyclic) bond motifs is 1. The molecule has 0 bridgehead atoms. The number of nitrogens with zero attached hydrogens (tertiary/aromatic N) is 2. The number of hydrogen-bond acceptors (Lipinski definition) is 3. The maximum atomic E-state index is 13.0. The topological polar surface area (TPSA) is 79.2 Å². The van der Waals surface area contributed by atoms with E-state index in [0.717, 1.165) is 33.4 Å². The Morgan fingerprint density at radius 1 is 0.879 bits per heavy atom. The molecule has 0 aliphatic heterocycles. The first-order chi connectivity index (χ1) is 15.5. The summed E-state index contributed by atoms with van der Waals surface area (Å²) in [5.41, 5.74) is 2.06. The highest BCUT2D eigenvalue weighted by molar-refractivity contribution is 6.06. The van der Waals surface area contributed by atoms with Gasteiger partial charge in [-0.1, -0.05) is 69.3 Å². The largest absolute Gasteiger partial charge is 0.386 e. The molecule has 4 aromatic rings. The zero-order valence-corrected chi connectivity index (χ0v) is 19.7. The number of amides is 2. The second-order valence-electron chi connectivity index (χ2n) is 9.79. The second-order valence-corrected chi connectivity index (χ2v) is 9.79. The molecule has 2 amide bonds. The molecular formula is C27H30N4O2. The molecule has 0 saturated carbocycles. The molecule has 4 rings (SSSR count). The Morgan fingerprint density at radius 3 is 2.21 bits per heavy atom. The van der Waals surface area contributed by atoms with Crippen LogP contribution >= 0.6 is 0 Å². The summed E-state index contributed by atoms with van der Waals surface area (Å²) in [6.07, 6.45) is 0. The van der Waals surface area contributed by atoms with Crippen molar-refractivity contribution in [2.75, 3.05) is 10.6 Å². The molecule has 0 atom stereocenters. The van der Waals surface area contributed by atoms with Gasteiger partial charge in [-0.15, -0.1) is 0 Å². The average molecular weight is 443 g/mol. The van der Waals surface area contributed by atoms with Crippen LogP contribution in [0, 0.1) is 0 Å². The van der Waals surface area contributed by atoms with Crippen LogP contribution in [0.4, 0.5) is 16.3 Å². The van der Waals surface area contributed by atoms with Crippen molar-refractivity contribution in [3.8, 4) is 5.69 Å². The fraction of sp³-hybridized carbons (Fsp3) is 0.259. The molecule has 0 unspecified atom stereocenters. The van der Waals surface area contributed by atoms with E-state index >= 15 is 0 Å². The van der Waals surface area contributed by atoms with E-state index in [2.05, 4.69) is 31.4 Å². The van der Waals surface area contributed by atoms with Gasteiger partial charge >= 0.3 is 6.03 Å². The van der Waals surface area contributed by atoms with Gasteiger partial charge in [-0.3, -0.25) is 5.32 Å². The van der Waals surface area contributed by atoms with Gasteiger partial charge in [0.25, 0.3) is 0 Å². The number of aliphatic hydroxyl groups is 1. The number of carbonyl (C=O) groups excluding carboxylic acids is 1. The van der Waals surface area contributed by atoms with E-state index < -0.39 is 5.60 Å². The van der Waals surface area contributed by atoms with Crippen molar-refractivity contribution in [1.82, 2.24) is 9.78 Å². The number of aromatic nitrogens is 2. The molecule has 3 aromatic carbocycles. The van der Waals surface area contributed by atoms with E-state index in [1.165, 1.54) is 0 Å². The van der Waals surface area contributed by atoms with Crippen LogP contribution in [-0.2, 0) is 11.0 Å². The second kappa shape index (κ2) is 8.37. The molecule has 0 radical (unpaired) electrons. The van der Waals surface area contributed by atoms with Gasteiger partial charge in [-0.25, -0.2) is 9.48 Å². The van der Waals surface area contributed by atoms with Crippen LogP contribution in [0.3, 0.4) is 0 Å². The Balaban J connectivity index is 1.65. The number of nitrogens with one attached hydrogen (secondary N) is 2. The highest BCUT2D eigenvalue weighted by atomic mass is 16.3. The molecule has 3 N–H and O–H groups in total. The first-order valence-electron chi connectivity index (χ1n) is 11.0. The lowest BCUT2D eigenvalue weighted by molar-refractivity contribution is 0.0786. The van der Waals surface area contributed by atoms with Crippen molar-refractivity contribution in [3.63, 3.8) is 0 Å². The van der Waals surface area contributed by atoms with Crippen LogP contribution in [-0.4, -0.2) is 20.9 Å². The van der Waals surface area contributed by atoms with Gasteiger partial charge in [0.15, 0.2) is 0 Å². The van der Waals surface area contributed by atoms with Gasteiger partial charge < -0.3 is 10.4 Å². The molecule has 0 aliphatic carbocycles. The number of anilines is 2. The van der Waals surface area contributed by atoms with Crippen LogP contribution in [0.2, 0.25) is 0 Å². The zero-order valence-electron chi connectivity index (χ0n) is 19.7.